The number of benzene rings is 2. The van der Waals surface area contributed by atoms with Crippen molar-refractivity contribution in [2.45, 2.75) is 38.5 Å². The van der Waals surface area contributed by atoms with Crippen molar-refractivity contribution < 1.29 is 9.18 Å². The van der Waals surface area contributed by atoms with Gasteiger partial charge in [-0.15, -0.1) is 0 Å². The second-order valence-corrected chi connectivity index (χ2v) is 6.11. The third-order valence-corrected chi connectivity index (χ3v) is 4.18. The minimum Gasteiger partial charge on any atom is -0.356 e. The molecule has 2 nitrogen and oxygen atoms in total. The predicted molar refractivity (Wildman–Crippen MR) is 91.9 cm³/mol. The lowest BCUT2D eigenvalue weighted by atomic mass is 9.96. The van der Waals surface area contributed by atoms with E-state index >= 15 is 0 Å². The summed E-state index contributed by atoms with van der Waals surface area (Å²) in [6, 6.07) is 16.7. The van der Waals surface area contributed by atoms with E-state index in [0.29, 0.717) is 18.9 Å². The Labute approximate surface area is 137 Å². The molecule has 23 heavy (non-hydrogen) atoms. The summed E-state index contributed by atoms with van der Waals surface area (Å²) in [7, 11) is 0. The van der Waals surface area contributed by atoms with E-state index in [0.717, 1.165) is 12.0 Å². The van der Waals surface area contributed by atoms with Crippen LogP contribution in [0.1, 0.15) is 49.7 Å². The Kier molecular flexibility index (Phi) is 6.33. The Bertz CT molecular complexity index is 627. The molecule has 0 heterocycles. The minimum absolute atomic E-state index is 0.0113. The monoisotopic (exact) mass is 313 g/mol. The predicted octanol–water partition coefficient (Wildman–Crippen LogP) is 4.63. The van der Waals surface area contributed by atoms with Gasteiger partial charge >= 0.3 is 0 Å². The number of hydrogen-bond acceptors (Lipinski definition) is 1. The van der Waals surface area contributed by atoms with E-state index in [2.05, 4.69) is 24.4 Å². The van der Waals surface area contributed by atoms with Gasteiger partial charge in [-0.1, -0.05) is 56.3 Å². The van der Waals surface area contributed by atoms with Gasteiger partial charge < -0.3 is 5.32 Å². The molecular formula is C20H24FNO. The van der Waals surface area contributed by atoms with Crippen molar-refractivity contribution in [2.75, 3.05) is 6.54 Å². The molecule has 0 fully saturated rings. The van der Waals surface area contributed by atoms with Crippen molar-refractivity contribution in [3.8, 4) is 0 Å². The quantitative estimate of drug-likeness (QED) is 0.793. The van der Waals surface area contributed by atoms with Crippen molar-refractivity contribution in [3.05, 3.63) is 71.5 Å². The summed E-state index contributed by atoms with van der Waals surface area (Å²) >= 11 is 0. The van der Waals surface area contributed by atoms with E-state index in [1.807, 2.05) is 31.2 Å². The van der Waals surface area contributed by atoms with Crippen molar-refractivity contribution in [3.63, 3.8) is 0 Å². The van der Waals surface area contributed by atoms with Gasteiger partial charge in [0.2, 0.25) is 5.91 Å². The number of carbonyl (C=O) groups is 1. The smallest absolute Gasteiger partial charge is 0.220 e. The number of rotatable bonds is 7. The van der Waals surface area contributed by atoms with Crippen molar-refractivity contribution in [1.82, 2.24) is 5.32 Å². The molecule has 0 aliphatic carbocycles. The van der Waals surface area contributed by atoms with E-state index in [-0.39, 0.29) is 17.6 Å². The van der Waals surface area contributed by atoms with Crippen LogP contribution in [0.15, 0.2) is 54.6 Å². The van der Waals surface area contributed by atoms with E-state index < -0.39 is 0 Å². The maximum absolute atomic E-state index is 13.2. The molecule has 2 aromatic carbocycles. The van der Waals surface area contributed by atoms with Crippen molar-refractivity contribution in [1.29, 1.82) is 0 Å². The maximum atomic E-state index is 13.2. The Balaban J connectivity index is 1.75. The molecule has 0 radical (unpaired) electrons. The molecule has 1 amide bonds. The largest absolute Gasteiger partial charge is 0.356 e. The van der Waals surface area contributed by atoms with Crippen LogP contribution in [0.3, 0.4) is 0 Å². The fourth-order valence-electron chi connectivity index (χ4n) is 2.66. The van der Waals surface area contributed by atoms with E-state index in [1.54, 1.807) is 6.07 Å². The molecule has 2 aromatic rings. The molecular weight excluding hydrogens is 289 g/mol. The van der Waals surface area contributed by atoms with E-state index in [4.69, 9.17) is 0 Å². The van der Waals surface area contributed by atoms with Crippen LogP contribution < -0.4 is 5.32 Å². The Morgan fingerprint density at radius 2 is 1.70 bits per heavy atom. The molecule has 0 spiro atoms. The zero-order valence-corrected chi connectivity index (χ0v) is 13.8. The highest BCUT2D eigenvalue weighted by atomic mass is 19.1. The topological polar surface area (TPSA) is 29.1 Å². The highest BCUT2D eigenvalue weighted by Crippen LogP contribution is 2.20. The lowest BCUT2D eigenvalue weighted by molar-refractivity contribution is -0.121. The van der Waals surface area contributed by atoms with Crippen LogP contribution in [0.25, 0.3) is 0 Å². The van der Waals surface area contributed by atoms with Crippen LogP contribution in [-0.2, 0) is 4.79 Å². The molecule has 122 valence electrons. The highest BCUT2D eigenvalue weighted by molar-refractivity contribution is 5.76. The Morgan fingerprint density at radius 1 is 1.00 bits per heavy atom. The lowest BCUT2D eigenvalue weighted by Gasteiger charge is -2.14. The maximum Gasteiger partial charge on any atom is 0.220 e. The fraction of sp³-hybridized carbons (Fsp3) is 0.350. The van der Waals surface area contributed by atoms with Crippen LogP contribution in [0, 0.1) is 5.82 Å². The Morgan fingerprint density at radius 3 is 2.39 bits per heavy atom. The first-order valence-electron chi connectivity index (χ1n) is 8.13. The zero-order chi connectivity index (χ0) is 16.7. The fourth-order valence-corrected chi connectivity index (χ4v) is 2.66. The Hall–Kier alpha value is -2.16. The second kappa shape index (κ2) is 8.47. The molecule has 3 heteroatoms. The lowest BCUT2D eigenvalue weighted by Crippen LogP contribution is -2.26. The number of carbonyl (C=O) groups excluding carboxylic acids is 1. The second-order valence-electron chi connectivity index (χ2n) is 6.11. The first kappa shape index (κ1) is 17.2. The number of nitrogens with one attached hydrogen (secondary N) is 1. The summed E-state index contributed by atoms with van der Waals surface area (Å²) in [6.45, 7) is 4.77. The van der Waals surface area contributed by atoms with Gasteiger partial charge in [0, 0.05) is 13.0 Å². The standard InChI is InChI=1S/C20H24FNO/c1-15(17-7-4-3-5-8-17)11-12-22-20(23)13-16(2)18-9-6-10-19(21)14-18/h3-10,14-16H,11-13H2,1-2H3,(H,22,23). The average Bonchev–Trinajstić information content (AvgIpc) is 2.55. The third kappa shape index (κ3) is 5.51. The van der Waals surface area contributed by atoms with Gasteiger partial charge in [0.05, 0.1) is 0 Å². The van der Waals surface area contributed by atoms with Gasteiger partial charge in [-0.05, 0) is 41.5 Å². The summed E-state index contributed by atoms with van der Waals surface area (Å²) in [5.41, 5.74) is 2.15. The first-order chi connectivity index (χ1) is 11.1. The first-order valence-corrected chi connectivity index (χ1v) is 8.13. The van der Waals surface area contributed by atoms with E-state index in [9.17, 15) is 9.18 Å². The highest BCUT2D eigenvalue weighted by Gasteiger charge is 2.12. The molecule has 2 atom stereocenters. The van der Waals surface area contributed by atoms with Crippen LogP contribution in [-0.4, -0.2) is 12.5 Å². The summed E-state index contributed by atoms with van der Waals surface area (Å²) in [5, 5.41) is 2.97. The molecule has 0 bridgehead atoms. The average molecular weight is 313 g/mol. The van der Waals surface area contributed by atoms with Gasteiger partial charge in [0.1, 0.15) is 5.82 Å². The summed E-state index contributed by atoms with van der Waals surface area (Å²) in [4.78, 5) is 12.0. The molecule has 0 saturated heterocycles. The molecule has 2 rings (SSSR count). The molecule has 0 aliphatic heterocycles. The molecule has 0 saturated carbocycles. The van der Waals surface area contributed by atoms with Crippen LogP contribution in [0.4, 0.5) is 4.39 Å². The number of halogens is 1. The van der Waals surface area contributed by atoms with Gasteiger partial charge in [-0.25, -0.2) is 4.39 Å². The third-order valence-electron chi connectivity index (χ3n) is 4.18. The molecule has 1 N–H and O–H groups in total. The van der Waals surface area contributed by atoms with Gasteiger partial charge in [0.15, 0.2) is 0 Å². The summed E-state index contributed by atoms with van der Waals surface area (Å²) in [5.74, 6) is 0.183. The van der Waals surface area contributed by atoms with Crippen LogP contribution >= 0.6 is 0 Å². The van der Waals surface area contributed by atoms with Crippen molar-refractivity contribution >= 4 is 5.91 Å². The van der Waals surface area contributed by atoms with Gasteiger partial charge in [0.25, 0.3) is 0 Å². The van der Waals surface area contributed by atoms with Gasteiger partial charge in [-0.3, -0.25) is 4.79 Å². The van der Waals surface area contributed by atoms with Crippen molar-refractivity contribution in [2.24, 2.45) is 0 Å². The summed E-state index contributed by atoms with van der Waals surface area (Å²) < 4.78 is 13.2. The van der Waals surface area contributed by atoms with Gasteiger partial charge in [-0.2, -0.15) is 0 Å². The number of amides is 1. The normalized spacial score (nSPS) is 13.3. The molecule has 2 unspecified atom stereocenters. The van der Waals surface area contributed by atoms with Crippen LogP contribution in [0.2, 0.25) is 0 Å². The summed E-state index contributed by atoms with van der Waals surface area (Å²) in [6.07, 6.45) is 1.28. The molecule has 0 aromatic heterocycles. The minimum atomic E-state index is -0.258. The zero-order valence-electron chi connectivity index (χ0n) is 13.8. The molecule has 0 aliphatic rings. The van der Waals surface area contributed by atoms with E-state index in [1.165, 1.54) is 17.7 Å². The number of hydrogen-bond donors (Lipinski definition) is 1. The SMILES string of the molecule is CC(CCNC(=O)CC(C)c1cccc(F)c1)c1ccccc1. The van der Waals surface area contributed by atoms with Crippen LogP contribution in [0.5, 0.6) is 0 Å².